The van der Waals surface area contributed by atoms with Gasteiger partial charge in [-0.05, 0) is 85.4 Å². The van der Waals surface area contributed by atoms with Gasteiger partial charge in [0.15, 0.2) is 11.5 Å². The first kappa shape index (κ1) is 24.6. The highest BCUT2D eigenvalue weighted by molar-refractivity contribution is 6.09. The third-order valence-corrected chi connectivity index (χ3v) is 5.53. The van der Waals surface area contributed by atoms with E-state index in [9.17, 15) is 10.1 Å². The lowest BCUT2D eigenvalue weighted by molar-refractivity contribution is -0.112. The first-order valence-corrected chi connectivity index (χ1v) is 11.4. The van der Waals surface area contributed by atoms with Crippen LogP contribution in [0.15, 0.2) is 66.2 Å². The predicted molar refractivity (Wildman–Crippen MR) is 136 cm³/mol. The number of aryl methyl sites for hydroxylation is 3. The number of amides is 1. The van der Waals surface area contributed by atoms with E-state index in [2.05, 4.69) is 38.2 Å². The van der Waals surface area contributed by atoms with Crippen molar-refractivity contribution < 1.29 is 14.3 Å². The summed E-state index contributed by atoms with van der Waals surface area (Å²) in [5.74, 6) is 0.712. The first-order valence-electron chi connectivity index (χ1n) is 11.4. The van der Waals surface area contributed by atoms with Gasteiger partial charge in [0, 0.05) is 5.69 Å². The Kier molecular flexibility index (Phi) is 8.48. The largest absolute Gasteiger partial charge is 0.490 e. The van der Waals surface area contributed by atoms with E-state index in [1.165, 1.54) is 16.7 Å². The molecule has 0 aliphatic carbocycles. The molecular formula is C29H30N2O3. The van der Waals surface area contributed by atoms with Gasteiger partial charge in [-0.3, -0.25) is 4.79 Å². The number of nitriles is 1. The van der Waals surface area contributed by atoms with E-state index in [0.29, 0.717) is 36.0 Å². The van der Waals surface area contributed by atoms with Crippen LogP contribution in [-0.4, -0.2) is 12.5 Å². The highest BCUT2D eigenvalue weighted by atomic mass is 16.5. The molecule has 0 aromatic heterocycles. The Bertz CT molecular complexity index is 1220. The molecule has 174 valence electrons. The number of nitrogens with zero attached hydrogens (tertiary/aromatic N) is 1. The van der Waals surface area contributed by atoms with Gasteiger partial charge in [-0.1, -0.05) is 43.3 Å². The standard InChI is InChI=1S/C29H30N2O3/c1-5-22-9-12-26(13-10-22)31-29(32)25(18-30)16-23-11-14-27(28(17-23)33-6-2)34-19-24-8-7-20(3)21(4)15-24/h7-17H,5-6,19H2,1-4H3,(H,31,32)/b25-16+. The number of carbonyl (C=O) groups excluding carboxylic acids is 1. The monoisotopic (exact) mass is 454 g/mol. The highest BCUT2D eigenvalue weighted by Gasteiger charge is 2.12. The van der Waals surface area contributed by atoms with Crippen molar-refractivity contribution in [2.24, 2.45) is 0 Å². The molecule has 0 heterocycles. The molecule has 0 radical (unpaired) electrons. The second-order valence-corrected chi connectivity index (χ2v) is 8.02. The third kappa shape index (κ3) is 6.49. The average Bonchev–Trinajstić information content (AvgIpc) is 2.84. The molecule has 0 spiro atoms. The molecule has 0 saturated heterocycles. The molecule has 0 saturated carbocycles. The molecule has 0 aliphatic heterocycles. The maximum absolute atomic E-state index is 12.6. The van der Waals surface area contributed by atoms with Gasteiger partial charge < -0.3 is 14.8 Å². The van der Waals surface area contributed by atoms with Crippen molar-refractivity contribution in [1.29, 1.82) is 5.26 Å². The van der Waals surface area contributed by atoms with Crippen molar-refractivity contribution in [3.05, 3.63) is 94.1 Å². The normalized spacial score (nSPS) is 11.0. The fourth-order valence-corrected chi connectivity index (χ4v) is 3.39. The van der Waals surface area contributed by atoms with Crippen molar-refractivity contribution in [2.75, 3.05) is 11.9 Å². The molecule has 1 amide bonds. The Morgan fingerprint density at radius 1 is 0.912 bits per heavy atom. The van der Waals surface area contributed by atoms with Crippen LogP contribution < -0.4 is 14.8 Å². The van der Waals surface area contributed by atoms with E-state index >= 15 is 0 Å². The molecule has 5 nitrogen and oxygen atoms in total. The van der Waals surface area contributed by atoms with E-state index in [-0.39, 0.29) is 5.57 Å². The van der Waals surface area contributed by atoms with Gasteiger partial charge in [0.1, 0.15) is 18.2 Å². The lowest BCUT2D eigenvalue weighted by atomic mass is 10.1. The van der Waals surface area contributed by atoms with Crippen LogP contribution in [0.25, 0.3) is 6.08 Å². The number of ether oxygens (including phenoxy) is 2. The summed E-state index contributed by atoms with van der Waals surface area (Å²) in [5, 5.41) is 12.3. The van der Waals surface area contributed by atoms with E-state index in [0.717, 1.165) is 12.0 Å². The lowest BCUT2D eigenvalue weighted by Gasteiger charge is -2.13. The molecule has 34 heavy (non-hydrogen) atoms. The fraction of sp³-hybridized carbons (Fsp3) is 0.241. The molecule has 0 fully saturated rings. The zero-order valence-electron chi connectivity index (χ0n) is 20.1. The molecule has 0 aliphatic rings. The molecule has 0 bridgehead atoms. The lowest BCUT2D eigenvalue weighted by Crippen LogP contribution is -2.13. The Morgan fingerprint density at radius 3 is 2.29 bits per heavy atom. The molecule has 3 rings (SSSR count). The number of rotatable bonds is 9. The van der Waals surface area contributed by atoms with Gasteiger partial charge in [-0.25, -0.2) is 0 Å². The molecule has 0 unspecified atom stereocenters. The quantitative estimate of drug-likeness (QED) is 0.300. The minimum atomic E-state index is -0.459. The van der Waals surface area contributed by atoms with Crippen molar-refractivity contribution >= 4 is 17.7 Å². The summed E-state index contributed by atoms with van der Waals surface area (Å²) in [6.45, 7) is 9.01. The van der Waals surface area contributed by atoms with Crippen LogP contribution in [0, 0.1) is 25.2 Å². The van der Waals surface area contributed by atoms with Crippen molar-refractivity contribution in [3.63, 3.8) is 0 Å². The van der Waals surface area contributed by atoms with Crippen LogP contribution in [0.5, 0.6) is 11.5 Å². The molecule has 5 heteroatoms. The summed E-state index contributed by atoms with van der Waals surface area (Å²) in [7, 11) is 0. The number of hydrogen-bond acceptors (Lipinski definition) is 4. The van der Waals surface area contributed by atoms with Gasteiger partial charge in [0.2, 0.25) is 0 Å². The summed E-state index contributed by atoms with van der Waals surface area (Å²) < 4.78 is 11.8. The van der Waals surface area contributed by atoms with Crippen LogP contribution >= 0.6 is 0 Å². The highest BCUT2D eigenvalue weighted by Crippen LogP contribution is 2.30. The van der Waals surface area contributed by atoms with Gasteiger partial charge in [-0.2, -0.15) is 5.26 Å². The van der Waals surface area contributed by atoms with E-state index < -0.39 is 5.91 Å². The average molecular weight is 455 g/mol. The summed E-state index contributed by atoms with van der Waals surface area (Å²) in [5.41, 5.74) is 6.04. The van der Waals surface area contributed by atoms with Crippen molar-refractivity contribution in [3.8, 4) is 17.6 Å². The maximum atomic E-state index is 12.6. The Balaban J connectivity index is 1.76. The minimum absolute atomic E-state index is 0.00538. The van der Waals surface area contributed by atoms with Crippen LogP contribution in [0.1, 0.15) is 41.7 Å². The van der Waals surface area contributed by atoms with Gasteiger partial charge >= 0.3 is 0 Å². The van der Waals surface area contributed by atoms with E-state index in [1.54, 1.807) is 24.3 Å². The topological polar surface area (TPSA) is 71.3 Å². The molecule has 1 N–H and O–H groups in total. The summed E-state index contributed by atoms with van der Waals surface area (Å²) in [6.07, 6.45) is 2.47. The maximum Gasteiger partial charge on any atom is 0.266 e. The van der Waals surface area contributed by atoms with Gasteiger partial charge in [0.25, 0.3) is 5.91 Å². The number of hydrogen-bond donors (Lipinski definition) is 1. The van der Waals surface area contributed by atoms with Gasteiger partial charge in [-0.15, -0.1) is 0 Å². The molecule has 3 aromatic rings. The minimum Gasteiger partial charge on any atom is -0.490 e. The SMILES string of the molecule is CCOc1cc(/C=C(\C#N)C(=O)Nc2ccc(CC)cc2)ccc1OCc1ccc(C)c(C)c1. The Labute approximate surface area is 201 Å². The number of anilines is 1. The van der Waals surface area contributed by atoms with Crippen LogP contribution in [0.2, 0.25) is 0 Å². The van der Waals surface area contributed by atoms with Crippen molar-refractivity contribution in [1.82, 2.24) is 0 Å². The summed E-state index contributed by atoms with van der Waals surface area (Å²) >= 11 is 0. The number of carbonyl (C=O) groups is 1. The smallest absolute Gasteiger partial charge is 0.266 e. The first-order chi connectivity index (χ1) is 16.4. The molecule has 0 atom stereocenters. The zero-order valence-corrected chi connectivity index (χ0v) is 20.1. The van der Waals surface area contributed by atoms with Gasteiger partial charge in [0.05, 0.1) is 6.61 Å². The number of nitrogens with one attached hydrogen (secondary N) is 1. The summed E-state index contributed by atoms with van der Waals surface area (Å²) in [6, 6.07) is 21.2. The van der Waals surface area contributed by atoms with E-state index in [4.69, 9.17) is 9.47 Å². The Hall–Kier alpha value is -4.04. The second kappa shape index (κ2) is 11.7. The Morgan fingerprint density at radius 2 is 1.65 bits per heavy atom. The number of benzene rings is 3. The van der Waals surface area contributed by atoms with Crippen LogP contribution in [0.3, 0.4) is 0 Å². The van der Waals surface area contributed by atoms with E-state index in [1.807, 2.05) is 43.3 Å². The summed E-state index contributed by atoms with van der Waals surface area (Å²) in [4.78, 5) is 12.6. The van der Waals surface area contributed by atoms with Crippen LogP contribution in [0.4, 0.5) is 5.69 Å². The zero-order chi connectivity index (χ0) is 24.5. The second-order valence-electron chi connectivity index (χ2n) is 8.02. The van der Waals surface area contributed by atoms with Crippen LogP contribution in [-0.2, 0) is 17.8 Å². The third-order valence-electron chi connectivity index (χ3n) is 5.53. The van der Waals surface area contributed by atoms with Crippen molar-refractivity contribution in [2.45, 2.75) is 40.7 Å². The molecular weight excluding hydrogens is 424 g/mol. The predicted octanol–water partition coefficient (Wildman–Crippen LogP) is 6.39. The molecule has 3 aromatic carbocycles. The fourth-order valence-electron chi connectivity index (χ4n) is 3.39.